The summed E-state index contributed by atoms with van der Waals surface area (Å²) >= 11 is 0. The Hall–Kier alpha value is -4.61. The second-order valence-electron chi connectivity index (χ2n) is 11.8. The lowest BCUT2D eigenvalue weighted by Crippen LogP contribution is -2.30. The third-order valence-corrected chi connectivity index (χ3v) is 8.90. The number of hydrogen-bond acceptors (Lipinski definition) is 2. The molecule has 0 fully saturated rings. The molecule has 2 aliphatic rings. The van der Waals surface area contributed by atoms with E-state index in [1.54, 1.807) is 0 Å². The maximum Gasteiger partial charge on any atom is 0.0991 e. The van der Waals surface area contributed by atoms with Crippen LogP contribution in [0.1, 0.15) is 55.5 Å². The van der Waals surface area contributed by atoms with Crippen LogP contribution in [0.15, 0.2) is 109 Å². The van der Waals surface area contributed by atoms with Gasteiger partial charge in [-0.25, -0.2) is 0 Å². The van der Waals surface area contributed by atoms with Gasteiger partial charge in [0.2, 0.25) is 0 Å². The highest BCUT2D eigenvalue weighted by Crippen LogP contribution is 2.55. The van der Waals surface area contributed by atoms with E-state index in [4.69, 9.17) is 0 Å². The molecular formula is C37H30N2. The summed E-state index contributed by atoms with van der Waals surface area (Å²) in [4.78, 5) is 2.44. The Balaban J connectivity index is 1.36. The van der Waals surface area contributed by atoms with Crippen LogP contribution in [0.5, 0.6) is 0 Å². The summed E-state index contributed by atoms with van der Waals surface area (Å²) in [6, 6.07) is 41.6. The van der Waals surface area contributed by atoms with E-state index in [0.717, 1.165) is 5.56 Å². The average Bonchev–Trinajstić information content (AvgIpc) is 3.19. The molecule has 2 nitrogen and oxygen atoms in total. The first-order valence-corrected chi connectivity index (χ1v) is 13.6. The summed E-state index contributed by atoms with van der Waals surface area (Å²) in [5.74, 6) is 0. The van der Waals surface area contributed by atoms with Crippen molar-refractivity contribution < 1.29 is 0 Å². The van der Waals surface area contributed by atoms with Crippen LogP contribution in [0.2, 0.25) is 0 Å². The smallest absolute Gasteiger partial charge is 0.0991 e. The second kappa shape index (κ2) is 8.19. The Kier molecular flexibility index (Phi) is 4.94. The molecular weight excluding hydrogens is 472 g/mol. The summed E-state index contributed by atoms with van der Waals surface area (Å²) in [6.07, 6.45) is 0. The molecule has 0 atom stereocenters. The van der Waals surface area contributed by atoms with Crippen molar-refractivity contribution >= 4 is 17.1 Å². The molecule has 0 spiro atoms. The quantitative estimate of drug-likeness (QED) is 0.240. The van der Waals surface area contributed by atoms with Crippen LogP contribution in [-0.4, -0.2) is 0 Å². The van der Waals surface area contributed by atoms with E-state index in [9.17, 15) is 5.26 Å². The molecule has 2 heteroatoms. The van der Waals surface area contributed by atoms with Crippen LogP contribution in [0, 0.1) is 11.3 Å². The zero-order valence-electron chi connectivity index (χ0n) is 22.8. The predicted molar refractivity (Wildman–Crippen MR) is 161 cm³/mol. The number of nitriles is 1. The van der Waals surface area contributed by atoms with Gasteiger partial charge in [-0.3, -0.25) is 0 Å². The van der Waals surface area contributed by atoms with E-state index in [1.807, 2.05) is 24.3 Å². The van der Waals surface area contributed by atoms with Gasteiger partial charge < -0.3 is 4.90 Å². The maximum absolute atomic E-state index is 9.19. The SMILES string of the molecule is CC1(C)c2cc(-c3ccc(C#N)cc3)ccc2-c2ccc(N3c4ccccc4C(C)(C)c4ccccc43)cc21. The van der Waals surface area contributed by atoms with Crippen molar-refractivity contribution in [3.05, 3.63) is 137 Å². The molecule has 5 aromatic rings. The highest BCUT2D eigenvalue weighted by Gasteiger charge is 2.39. The first kappa shape index (κ1) is 23.5. The van der Waals surface area contributed by atoms with Gasteiger partial charge in [-0.05, 0) is 87.0 Å². The third kappa shape index (κ3) is 3.33. The fourth-order valence-corrected chi connectivity index (χ4v) is 6.73. The minimum absolute atomic E-state index is 0.0717. The second-order valence-corrected chi connectivity index (χ2v) is 11.8. The molecule has 0 unspecified atom stereocenters. The van der Waals surface area contributed by atoms with Crippen molar-refractivity contribution in [3.8, 4) is 28.3 Å². The molecule has 1 aliphatic heterocycles. The van der Waals surface area contributed by atoms with Gasteiger partial charge in [0.15, 0.2) is 0 Å². The summed E-state index contributed by atoms with van der Waals surface area (Å²) in [5, 5.41) is 9.19. The Bertz CT molecular complexity index is 1770. The summed E-state index contributed by atoms with van der Waals surface area (Å²) in [7, 11) is 0. The highest BCUT2D eigenvalue weighted by atomic mass is 15.2. The maximum atomic E-state index is 9.19. The average molecular weight is 503 g/mol. The largest absolute Gasteiger partial charge is 0.310 e. The summed E-state index contributed by atoms with van der Waals surface area (Å²) < 4.78 is 0. The molecule has 5 aromatic carbocycles. The van der Waals surface area contributed by atoms with Crippen molar-refractivity contribution in [3.63, 3.8) is 0 Å². The molecule has 7 rings (SSSR count). The lowest BCUT2D eigenvalue weighted by molar-refractivity contribution is 0.631. The third-order valence-electron chi connectivity index (χ3n) is 8.90. The molecule has 188 valence electrons. The number of anilines is 3. The molecule has 0 radical (unpaired) electrons. The number of hydrogen-bond donors (Lipinski definition) is 0. The Morgan fingerprint density at radius 2 is 1.05 bits per heavy atom. The fourth-order valence-electron chi connectivity index (χ4n) is 6.73. The minimum atomic E-state index is -0.141. The van der Waals surface area contributed by atoms with Crippen molar-refractivity contribution in [1.82, 2.24) is 0 Å². The van der Waals surface area contributed by atoms with Gasteiger partial charge >= 0.3 is 0 Å². The van der Waals surface area contributed by atoms with Crippen molar-refractivity contribution in [2.24, 2.45) is 0 Å². The number of nitrogens with zero attached hydrogens (tertiary/aromatic N) is 2. The van der Waals surface area contributed by atoms with E-state index in [-0.39, 0.29) is 10.8 Å². The molecule has 0 amide bonds. The molecule has 0 N–H and O–H groups in total. The Morgan fingerprint density at radius 3 is 1.67 bits per heavy atom. The summed E-state index contributed by atoms with van der Waals surface area (Å²) in [5.41, 5.74) is 14.5. The van der Waals surface area contributed by atoms with Crippen molar-refractivity contribution in [1.29, 1.82) is 5.26 Å². The van der Waals surface area contributed by atoms with Gasteiger partial charge in [0.25, 0.3) is 0 Å². The van der Waals surface area contributed by atoms with Gasteiger partial charge in [0.05, 0.1) is 23.0 Å². The van der Waals surface area contributed by atoms with Crippen LogP contribution in [0.4, 0.5) is 17.1 Å². The molecule has 0 aromatic heterocycles. The van der Waals surface area contributed by atoms with E-state index in [0.29, 0.717) is 5.56 Å². The monoisotopic (exact) mass is 502 g/mol. The van der Waals surface area contributed by atoms with Gasteiger partial charge in [-0.15, -0.1) is 0 Å². The molecule has 1 aliphatic carbocycles. The topological polar surface area (TPSA) is 27.0 Å². The van der Waals surface area contributed by atoms with Crippen LogP contribution in [-0.2, 0) is 10.8 Å². The highest BCUT2D eigenvalue weighted by molar-refractivity contribution is 5.90. The van der Waals surface area contributed by atoms with Crippen molar-refractivity contribution in [2.75, 3.05) is 4.90 Å². The molecule has 1 heterocycles. The first-order valence-electron chi connectivity index (χ1n) is 13.6. The predicted octanol–water partition coefficient (Wildman–Crippen LogP) is 9.64. The number of rotatable bonds is 2. The molecule has 0 bridgehead atoms. The van der Waals surface area contributed by atoms with Crippen LogP contribution < -0.4 is 4.90 Å². The number of fused-ring (bicyclic) bond motifs is 5. The van der Waals surface area contributed by atoms with E-state index >= 15 is 0 Å². The Morgan fingerprint density at radius 1 is 0.538 bits per heavy atom. The zero-order valence-corrected chi connectivity index (χ0v) is 22.8. The normalized spacial score (nSPS) is 15.5. The van der Waals surface area contributed by atoms with E-state index in [2.05, 4.69) is 124 Å². The number of benzene rings is 5. The lowest BCUT2D eigenvalue weighted by atomic mass is 9.73. The molecule has 0 saturated heterocycles. The zero-order chi connectivity index (χ0) is 26.9. The van der Waals surface area contributed by atoms with Crippen LogP contribution >= 0.6 is 0 Å². The first-order chi connectivity index (χ1) is 18.8. The fraction of sp³-hybridized carbons (Fsp3) is 0.162. The summed E-state index contributed by atoms with van der Waals surface area (Å²) in [6.45, 7) is 9.34. The molecule has 39 heavy (non-hydrogen) atoms. The van der Waals surface area contributed by atoms with E-state index < -0.39 is 0 Å². The standard InChI is InChI=1S/C37H30N2/c1-36(2)30-9-5-7-11-34(30)39(35-12-8-6-10-31(35)36)27-18-20-29-28-19-17-26(25-15-13-24(23-38)14-16-25)21-32(28)37(3,4)33(29)22-27/h5-22H,1-4H3. The van der Waals surface area contributed by atoms with Crippen LogP contribution in [0.25, 0.3) is 22.3 Å². The minimum Gasteiger partial charge on any atom is -0.310 e. The van der Waals surface area contributed by atoms with Gasteiger partial charge in [-0.2, -0.15) is 5.26 Å². The van der Waals surface area contributed by atoms with Gasteiger partial charge in [0.1, 0.15) is 0 Å². The van der Waals surface area contributed by atoms with E-state index in [1.165, 1.54) is 56.0 Å². The molecule has 0 saturated carbocycles. The van der Waals surface area contributed by atoms with Gasteiger partial charge in [-0.1, -0.05) is 94.4 Å². The number of para-hydroxylation sites is 2. The van der Waals surface area contributed by atoms with Crippen LogP contribution in [0.3, 0.4) is 0 Å². The Labute approximate surface area is 230 Å². The lowest BCUT2D eigenvalue weighted by Gasteiger charge is -2.42. The van der Waals surface area contributed by atoms with Crippen molar-refractivity contribution in [2.45, 2.75) is 38.5 Å². The van der Waals surface area contributed by atoms with Gasteiger partial charge in [0, 0.05) is 16.5 Å².